The van der Waals surface area contributed by atoms with E-state index in [0.717, 1.165) is 6.42 Å². The number of rotatable bonds is 6. The molecule has 0 bridgehead atoms. The van der Waals surface area contributed by atoms with Crippen molar-refractivity contribution in [3.8, 4) is 0 Å². The second kappa shape index (κ2) is 8.20. The van der Waals surface area contributed by atoms with Crippen molar-refractivity contribution >= 4 is 35.2 Å². The van der Waals surface area contributed by atoms with Gasteiger partial charge in [-0.15, -0.1) is 0 Å². The zero-order chi connectivity index (χ0) is 14.3. The summed E-state index contributed by atoms with van der Waals surface area (Å²) in [5.74, 6) is -0.207. The topological polar surface area (TPSA) is 49.3 Å². The fraction of sp³-hybridized carbons (Fsp3) is 0.357. The van der Waals surface area contributed by atoms with Crippen molar-refractivity contribution in [1.82, 2.24) is 5.32 Å². The van der Waals surface area contributed by atoms with Crippen LogP contribution in [0.3, 0.4) is 0 Å². The number of aliphatic hydroxyl groups excluding tert-OH is 1. The Hall–Kier alpha value is -1.03. The summed E-state index contributed by atoms with van der Waals surface area (Å²) in [5.41, 5.74) is 0.629. The third-order valence-electron chi connectivity index (χ3n) is 2.58. The molecule has 5 heteroatoms. The molecule has 1 aromatic rings. The quantitative estimate of drug-likeness (QED) is 0.792. The van der Waals surface area contributed by atoms with Gasteiger partial charge in [0.15, 0.2) is 0 Å². The molecule has 0 fully saturated rings. The summed E-state index contributed by atoms with van der Waals surface area (Å²) < 4.78 is 0. The molecule has 0 aromatic heterocycles. The van der Waals surface area contributed by atoms with E-state index < -0.39 is 0 Å². The SMILES string of the molecule is CC(CCCO)NC(=O)C=Cc1c(Cl)cccc1Cl. The fourth-order valence-electron chi connectivity index (χ4n) is 1.59. The third kappa shape index (κ3) is 5.64. The Morgan fingerprint density at radius 2 is 2.05 bits per heavy atom. The lowest BCUT2D eigenvalue weighted by atomic mass is 10.2. The van der Waals surface area contributed by atoms with Gasteiger partial charge in [0, 0.05) is 34.3 Å². The first kappa shape index (κ1) is 16.0. The van der Waals surface area contributed by atoms with Crippen molar-refractivity contribution < 1.29 is 9.90 Å². The molecular formula is C14H17Cl2NO2. The lowest BCUT2D eigenvalue weighted by Gasteiger charge is -2.11. The van der Waals surface area contributed by atoms with E-state index in [4.69, 9.17) is 28.3 Å². The molecule has 3 nitrogen and oxygen atoms in total. The molecule has 0 heterocycles. The van der Waals surface area contributed by atoms with Gasteiger partial charge < -0.3 is 10.4 Å². The van der Waals surface area contributed by atoms with Gasteiger partial charge in [-0.2, -0.15) is 0 Å². The van der Waals surface area contributed by atoms with Gasteiger partial charge in [0.05, 0.1) is 0 Å². The number of aliphatic hydroxyl groups is 1. The lowest BCUT2D eigenvalue weighted by Crippen LogP contribution is -2.31. The van der Waals surface area contributed by atoms with E-state index in [0.29, 0.717) is 22.0 Å². The molecule has 0 saturated heterocycles. The molecule has 0 aliphatic heterocycles. The Bertz CT molecular complexity index is 441. The van der Waals surface area contributed by atoms with Crippen molar-refractivity contribution in [3.05, 3.63) is 39.9 Å². The lowest BCUT2D eigenvalue weighted by molar-refractivity contribution is -0.117. The number of hydrogen-bond donors (Lipinski definition) is 2. The monoisotopic (exact) mass is 301 g/mol. The van der Waals surface area contributed by atoms with Gasteiger partial charge in [0.2, 0.25) is 5.91 Å². The number of nitrogens with one attached hydrogen (secondary N) is 1. The smallest absolute Gasteiger partial charge is 0.244 e. The standard InChI is InChI=1S/C14H17Cl2NO2/c1-10(4-3-9-18)17-14(19)8-7-11-12(15)5-2-6-13(11)16/h2,5-8,10,18H,3-4,9H2,1H3,(H,17,19). The number of carbonyl (C=O) groups is 1. The van der Waals surface area contributed by atoms with Crippen LogP contribution in [0.1, 0.15) is 25.3 Å². The van der Waals surface area contributed by atoms with Crippen LogP contribution >= 0.6 is 23.2 Å². The van der Waals surface area contributed by atoms with Crippen molar-refractivity contribution in [2.75, 3.05) is 6.61 Å². The highest BCUT2D eigenvalue weighted by molar-refractivity contribution is 6.37. The Kier molecular flexibility index (Phi) is 6.92. The first-order chi connectivity index (χ1) is 9.04. The third-order valence-corrected chi connectivity index (χ3v) is 3.24. The highest BCUT2D eigenvalue weighted by Crippen LogP contribution is 2.25. The normalized spacial score (nSPS) is 12.6. The van der Waals surface area contributed by atoms with Crippen LogP contribution in [0.5, 0.6) is 0 Å². The van der Waals surface area contributed by atoms with Crippen LogP contribution in [-0.2, 0) is 4.79 Å². The second-order valence-corrected chi connectivity index (χ2v) is 5.06. The van der Waals surface area contributed by atoms with Crippen LogP contribution in [0.25, 0.3) is 6.08 Å². The average molecular weight is 302 g/mol. The molecule has 1 rings (SSSR count). The van der Waals surface area contributed by atoms with Crippen molar-refractivity contribution in [2.24, 2.45) is 0 Å². The van der Waals surface area contributed by atoms with E-state index in [9.17, 15) is 4.79 Å². The van der Waals surface area contributed by atoms with Gasteiger partial charge in [0.1, 0.15) is 0 Å². The molecule has 0 aliphatic carbocycles. The highest BCUT2D eigenvalue weighted by Gasteiger charge is 2.05. The van der Waals surface area contributed by atoms with E-state index in [1.165, 1.54) is 6.08 Å². The van der Waals surface area contributed by atoms with E-state index in [1.807, 2.05) is 6.92 Å². The summed E-state index contributed by atoms with van der Waals surface area (Å²) in [6, 6.07) is 5.20. The summed E-state index contributed by atoms with van der Waals surface area (Å²) >= 11 is 12.0. The largest absolute Gasteiger partial charge is 0.396 e. The van der Waals surface area contributed by atoms with Gasteiger partial charge in [-0.3, -0.25) is 4.79 Å². The zero-order valence-electron chi connectivity index (χ0n) is 10.7. The maximum atomic E-state index is 11.7. The van der Waals surface area contributed by atoms with Crippen LogP contribution < -0.4 is 5.32 Å². The predicted molar refractivity (Wildman–Crippen MR) is 79.4 cm³/mol. The fourth-order valence-corrected chi connectivity index (χ4v) is 2.11. The van der Waals surface area contributed by atoms with Crippen molar-refractivity contribution in [2.45, 2.75) is 25.8 Å². The summed E-state index contributed by atoms with van der Waals surface area (Å²) in [4.78, 5) is 11.7. The molecule has 1 atom stereocenters. The highest BCUT2D eigenvalue weighted by atomic mass is 35.5. The molecule has 0 spiro atoms. The molecule has 19 heavy (non-hydrogen) atoms. The molecule has 2 N–H and O–H groups in total. The van der Waals surface area contributed by atoms with Gasteiger partial charge in [-0.1, -0.05) is 29.3 Å². The molecular weight excluding hydrogens is 285 g/mol. The van der Waals surface area contributed by atoms with Crippen LogP contribution in [0, 0.1) is 0 Å². The number of benzene rings is 1. The Morgan fingerprint density at radius 3 is 2.63 bits per heavy atom. The average Bonchev–Trinajstić information content (AvgIpc) is 2.35. The first-order valence-corrected chi connectivity index (χ1v) is 6.83. The summed E-state index contributed by atoms with van der Waals surface area (Å²) in [6.07, 6.45) is 4.41. The van der Waals surface area contributed by atoms with Gasteiger partial charge in [-0.05, 0) is 38.0 Å². The summed E-state index contributed by atoms with van der Waals surface area (Å²) in [7, 11) is 0. The zero-order valence-corrected chi connectivity index (χ0v) is 12.2. The van der Waals surface area contributed by atoms with E-state index in [1.54, 1.807) is 24.3 Å². The molecule has 1 amide bonds. The molecule has 0 radical (unpaired) electrons. The Labute approximate surface area is 123 Å². The minimum absolute atomic E-state index is 0.0195. The predicted octanol–water partition coefficient (Wildman–Crippen LogP) is 3.28. The van der Waals surface area contributed by atoms with E-state index >= 15 is 0 Å². The second-order valence-electron chi connectivity index (χ2n) is 4.24. The number of halogens is 2. The van der Waals surface area contributed by atoms with Crippen molar-refractivity contribution in [3.63, 3.8) is 0 Å². The summed E-state index contributed by atoms with van der Waals surface area (Å²) in [6.45, 7) is 2.02. The van der Waals surface area contributed by atoms with Crippen LogP contribution in [0.4, 0.5) is 0 Å². The minimum atomic E-state index is -0.207. The molecule has 1 unspecified atom stereocenters. The maximum Gasteiger partial charge on any atom is 0.244 e. The number of hydrogen-bond acceptors (Lipinski definition) is 2. The molecule has 0 aliphatic rings. The first-order valence-electron chi connectivity index (χ1n) is 6.08. The molecule has 0 saturated carbocycles. The van der Waals surface area contributed by atoms with E-state index in [-0.39, 0.29) is 18.6 Å². The van der Waals surface area contributed by atoms with Gasteiger partial charge in [0.25, 0.3) is 0 Å². The Balaban J connectivity index is 2.59. The minimum Gasteiger partial charge on any atom is -0.396 e. The van der Waals surface area contributed by atoms with Gasteiger partial charge in [-0.25, -0.2) is 0 Å². The Morgan fingerprint density at radius 1 is 1.42 bits per heavy atom. The van der Waals surface area contributed by atoms with Crippen LogP contribution in [0.15, 0.2) is 24.3 Å². The maximum absolute atomic E-state index is 11.7. The number of amides is 1. The van der Waals surface area contributed by atoms with Gasteiger partial charge >= 0.3 is 0 Å². The summed E-state index contributed by atoms with van der Waals surface area (Å²) in [5, 5.41) is 12.5. The number of carbonyl (C=O) groups excluding carboxylic acids is 1. The van der Waals surface area contributed by atoms with Crippen LogP contribution in [-0.4, -0.2) is 23.7 Å². The molecule has 104 valence electrons. The van der Waals surface area contributed by atoms with Crippen LogP contribution in [0.2, 0.25) is 10.0 Å². The van der Waals surface area contributed by atoms with E-state index in [2.05, 4.69) is 5.32 Å². The molecule has 1 aromatic carbocycles. The van der Waals surface area contributed by atoms with Crippen molar-refractivity contribution in [1.29, 1.82) is 0 Å².